The number of fused-ring (bicyclic) bond motifs is 1. The third-order valence-corrected chi connectivity index (χ3v) is 5.08. The number of benzene rings is 2. The fourth-order valence-corrected chi connectivity index (χ4v) is 3.43. The molecule has 1 aromatic heterocycles. The fraction of sp³-hybridized carbons (Fsp3) is 0.190. The van der Waals surface area contributed by atoms with Gasteiger partial charge in [-0.15, -0.1) is 11.3 Å². The van der Waals surface area contributed by atoms with E-state index in [1.165, 1.54) is 17.4 Å². The zero-order valence-corrected chi connectivity index (χ0v) is 16.5. The number of thiazole rings is 1. The van der Waals surface area contributed by atoms with E-state index >= 15 is 0 Å². The number of para-hydroxylation sites is 1. The molecule has 0 saturated carbocycles. The molecule has 0 aliphatic rings. The molecule has 3 aromatic rings. The summed E-state index contributed by atoms with van der Waals surface area (Å²) in [6.45, 7) is 1.98. The average molecular weight is 395 g/mol. The van der Waals surface area contributed by atoms with Crippen LogP contribution in [0.2, 0.25) is 0 Å². The first-order chi connectivity index (χ1) is 13.5. The van der Waals surface area contributed by atoms with Gasteiger partial charge in [-0.25, -0.2) is 4.98 Å². The van der Waals surface area contributed by atoms with Crippen molar-refractivity contribution in [3.05, 3.63) is 65.2 Å². The van der Waals surface area contributed by atoms with E-state index in [-0.39, 0.29) is 11.8 Å². The standard InChI is InChI=1S/C21H21N3O3S/c1-14(23-19(25)12-9-15-7-10-16(27-2)11-8-15)21(26)22-13-20-24-17-5-3-4-6-18(17)28-20/h3-12,14H,13H2,1-2H3,(H,22,26)(H,23,25)/b12-9+. The van der Waals surface area contributed by atoms with Crippen molar-refractivity contribution in [3.63, 3.8) is 0 Å². The van der Waals surface area contributed by atoms with Gasteiger partial charge in [-0.2, -0.15) is 0 Å². The molecule has 2 N–H and O–H groups in total. The molecule has 0 spiro atoms. The summed E-state index contributed by atoms with van der Waals surface area (Å²) in [5.41, 5.74) is 1.78. The summed E-state index contributed by atoms with van der Waals surface area (Å²) in [6.07, 6.45) is 3.08. The second-order valence-corrected chi connectivity index (χ2v) is 7.25. The van der Waals surface area contributed by atoms with Gasteiger partial charge in [0.25, 0.3) is 0 Å². The van der Waals surface area contributed by atoms with Gasteiger partial charge >= 0.3 is 0 Å². The molecule has 6 nitrogen and oxygen atoms in total. The lowest BCUT2D eigenvalue weighted by Crippen LogP contribution is -2.44. The van der Waals surface area contributed by atoms with Gasteiger partial charge in [0.1, 0.15) is 16.8 Å². The molecule has 0 saturated heterocycles. The molecule has 2 amide bonds. The van der Waals surface area contributed by atoms with Gasteiger partial charge in [-0.05, 0) is 42.8 Å². The van der Waals surface area contributed by atoms with Crippen LogP contribution in [0.1, 0.15) is 17.5 Å². The minimum absolute atomic E-state index is 0.259. The molecule has 0 fully saturated rings. The fourth-order valence-electron chi connectivity index (χ4n) is 2.53. The van der Waals surface area contributed by atoms with E-state index in [2.05, 4.69) is 15.6 Å². The SMILES string of the molecule is COc1ccc(/C=C/C(=O)NC(C)C(=O)NCc2nc3ccccc3s2)cc1. The smallest absolute Gasteiger partial charge is 0.244 e. The highest BCUT2D eigenvalue weighted by Crippen LogP contribution is 2.21. The topological polar surface area (TPSA) is 80.3 Å². The molecule has 1 heterocycles. The summed E-state index contributed by atoms with van der Waals surface area (Å²) in [4.78, 5) is 28.7. The van der Waals surface area contributed by atoms with Crippen molar-refractivity contribution in [1.82, 2.24) is 15.6 Å². The summed E-state index contributed by atoms with van der Waals surface area (Å²) < 4.78 is 6.17. The summed E-state index contributed by atoms with van der Waals surface area (Å²) in [5, 5.41) is 6.29. The Morgan fingerprint density at radius 3 is 2.64 bits per heavy atom. The molecule has 7 heteroatoms. The van der Waals surface area contributed by atoms with E-state index in [1.54, 1.807) is 20.1 Å². The Labute approximate surface area is 167 Å². The third-order valence-electron chi connectivity index (χ3n) is 4.05. The van der Waals surface area contributed by atoms with Crippen molar-refractivity contribution in [1.29, 1.82) is 0 Å². The number of amides is 2. The zero-order chi connectivity index (χ0) is 19.9. The number of rotatable bonds is 7. The van der Waals surface area contributed by atoms with Gasteiger partial charge < -0.3 is 15.4 Å². The van der Waals surface area contributed by atoms with Gasteiger partial charge in [0, 0.05) is 6.08 Å². The van der Waals surface area contributed by atoms with Crippen molar-refractivity contribution in [2.75, 3.05) is 7.11 Å². The Hall–Kier alpha value is -3.19. The van der Waals surface area contributed by atoms with Gasteiger partial charge in [0.15, 0.2) is 0 Å². The van der Waals surface area contributed by atoms with Crippen LogP contribution in [0.25, 0.3) is 16.3 Å². The molecular weight excluding hydrogens is 374 g/mol. The molecule has 144 valence electrons. The van der Waals surface area contributed by atoms with Crippen LogP contribution in [0.3, 0.4) is 0 Å². The molecule has 3 rings (SSSR count). The maximum Gasteiger partial charge on any atom is 0.244 e. The van der Waals surface area contributed by atoms with Crippen LogP contribution in [0.15, 0.2) is 54.6 Å². The number of nitrogens with zero attached hydrogens (tertiary/aromatic N) is 1. The predicted octanol–water partition coefficient (Wildman–Crippen LogP) is 3.14. The molecule has 2 aromatic carbocycles. The van der Waals surface area contributed by atoms with Gasteiger partial charge in [0.05, 0.1) is 23.9 Å². The highest BCUT2D eigenvalue weighted by Gasteiger charge is 2.14. The van der Waals surface area contributed by atoms with Crippen LogP contribution < -0.4 is 15.4 Å². The van der Waals surface area contributed by atoms with Gasteiger partial charge in [-0.1, -0.05) is 24.3 Å². The lowest BCUT2D eigenvalue weighted by Gasteiger charge is -2.12. The molecule has 0 bridgehead atoms. The van der Waals surface area contributed by atoms with Crippen LogP contribution in [0.5, 0.6) is 5.75 Å². The number of hydrogen-bond donors (Lipinski definition) is 2. The molecule has 1 atom stereocenters. The van der Waals surface area contributed by atoms with Crippen LogP contribution in [-0.4, -0.2) is 29.9 Å². The lowest BCUT2D eigenvalue weighted by molar-refractivity contribution is -0.126. The summed E-state index contributed by atoms with van der Waals surface area (Å²) in [7, 11) is 1.60. The second-order valence-electron chi connectivity index (χ2n) is 6.13. The van der Waals surface area contributed by atoms with E-state index in [0.717, 1.165) is 26.5 Å². The minimum Gasteiger partial charge on any atom is -0.497 e. The summed E-state index contributed by atoms with van der Waals surface area (Å²) in [6, 6.07) is 14.5. The van der Waals surface area contributed by atoms with Crippen LogP contribution >= 0.6 is 11.3 Å². The van der Waals surface area contributed by atoms with E-state index in [0.29, 0.717) is 6.54 Å². The largest absolute Gasteiger partial charge is 0.497 e. The first kappa shape index (κ1) is 19.6. The molecule has 0 aliphatic carbocycles. The summed E-state index contributed by atoms with van der Waals surface area (Å²) >= 11 is 1.54. The lowest BCUT2D eigenvalue weighted by atomic mass is 10.2. The normalized spacial score (nSPS) is 12.1. The summed E-state index contributed by atoms with van der Waals surface area (Å²) in [5.74, 6) is 0.156. The third kappa shape index (κ3) is 5.17. The number of methoxy groups -OCH3 is 1. The first-order valence-electron chi connectivity index (χ1n) is 8.80. The number of carbonyl (C=O) groups is 2. The van der Waals surface area contributed by atoms with E-state index in [9.17, 15) is 9.59 Å². The van der Waals surface area contributed by atoms with Crippen LogP contribution in [0, 0.1) is 0 Å². The predicted molar refractivity (Wildman–Crippen MR) is 111 cm³/mol. The molecule has 1 unspecified atom stereocenters. The molecule has 0 radical (unpaired) electrons. The highest BCUT2D eigenvalue weighted by molar-refractivity contribution is 7.18. The Morgan fingerprint density at radius 2 is 1.93 bits per heavy atom. The molecule has 0 aliphatic heterocycles. The number of nitrogens with one attached hydrogen (secondary N) is 2. The van der Waals surface area contributed by atoms with Crippen molar-refractivity contribution >= 4 is 39.4 Å². The average Bonchev–Trinajstić information content (AvgIpc) is 3.13. The van der Waals surface area contributed by atoms with Gasteiger partial charge in [-0.3, -0.25) is 9.59 Å². The second kappa shape index (κ2) is 9.14. The Morgan fingerprint density at radius 1 is 1.18 bits per heavy atom. The van der Waals surface area contributed by atoms with Crippen LogP contribution in [0.4, 0.5) is 0 Å². The quantitative estimate of drug-likeness (QED) is 0.603. The van der Waals surface area contributed by atoms with E-state index in [1.807, 2.05) is 48.5 Å². The van der Waals surface area contributed by atoms with E-state index < -0.39 is 6.04 Å². The van der Waals surface area contributed by atoms with Crippen molar-refractivity contribution in [2.24, 2.45) is 0 Å². The highest BCUT2D eigenvalue weighted by atomic mass is 32.1. The molecule has 28 heavy (non-hydrogen) atoms. The monoisotopic (exact) mass is 395 g/mol. The Balaban J connectivity index is 1.48. The number of hydrogen-bond acceptors (Lipinski definition) is 5. The van der Waals surface area contributed by atoms with Crippen molar-refractivity contribution < 1.29 is 14.3 Å². The number of aromatic nitrogens is 1. The molecular formula is C21H21N3O3S. The van der Waals surface area contributed by atoms with E-state index in [4.69, 9.17) is 4.74 Å². The first-order valence-corrected chi connectivity index (χ1v) is 9.61. The minimum atomic E-state index is -0.651. The van der Waals surface area contributed by atoms with Gasteiger partial charge in [0.2, 0.25) is 11.8 Å². The Kier molecular flexibility index (Phi) is 6.39. The Bertz CT molecular complexity index is 963. The maximum absolute atomic E-state index is 12.2. The van der Waals surface area contributed by atoms with Crippen molar-refractivity contribution in [3.8, 4) is 5.75 Å². The van der Waals surface area contributed by atoms with Crippen LogP contribution in [-0.2, 0) is 16.1 Å². The number of ether oxygens (including phenoxy) is 1. The maximum atomic E-state index is 12.2. The number of carbonyl (C=O) groups excluding carboxylic acids is 2. The van der Waals surface area contributed by atoms with Crippen molar-refractivity contribution in [2.45, 2.75) is 19.5 Å². The zero-order valence-electron chi connectivity index (χ0n) is 15.6.